The van der Waals surface area contributed by atoms with E-state index in [1.54, 1.807) is 30.3 Å². The van der Waals surface area contributed by atoms with Crippen LogP contribution in [-0.4, -0.2) is 26.8 Å². The highest BCUT2D eigenvalue weighted by atomic mass is 35.5. The lowest BCUT2D eigenvalue weighted by Crippen LogP contribution is -2.04. The van der Waals surface area contributed by atoms with Crippen LogP contribution < -0.4 is 9.47 Å². The second kappa shape index (κ2) is 8.94. The predicted molar refractivity (Wildman–Crippen MR) is 106 cm³/mol. The number of ether oxygens (including phenoxy) is 2. The number of nitro groups is 1. The molecule has 0 aliphatic rings. The molecule has 2 aromatic carbocycles. The predicted octanol–water partition coefficient (Wildman–Crippen LogP) is 4.26. The second-order valence-corrected chi connectivity index (χ2v) is 7.12. The van der Waals surface area contributed by atoms with E-state index in [0.717, 1.165) is 0 Å². The zero-order valence-corrected chi connectivity index (χ0v) is 16.7. The Bertz CT molecular complexity index is 978. The molecule has 0 unspecified atom stereocenters. The normalized spacial score (nSPS) is 10.7. The lowest BCUT2D eigenvalue weighted by atomic mass is 10.2. The molecule has 3 rings (SSSR count). The number of thioether (sulfide) groups is 1. The number of nitro benzene ring substituents is 1. The van der Waals surface area contributed by atoms with E-state index in [4.69, 9.17) is 21.1 Å². The minimum absolute atomic E-state index is 0.0198. The SMILES string of the molecule is COc1ccc([N+](=O)[O-])cc1CSc1nnc(COc2ccc(Cl)cc2)n1C. The molecule has 146 valence electrons. The van der Waals surface area contributed by atoms with Gasteiger partial charge in [0.2, 0.25) is 0 Å². The number of benzene rings is 2. The van der Waals surface area contributed by atoms with Gasteiger partial charge in [-0.25, -0.2) is 0 Å². The number of rotatable bonds is 8. The van der Waals surface area contributed by atoms with Crippen LogP contribution in [0.1, 0.15) is 11.4 Å². The van der Waals surface area contributed by atoms with Crippen LogP contribution in [0.5, 0.6) is 11.5 Å². The van der Waals surface area contributed by atoms with E-state index >= 15 is 0 Å². The van der Waals surface area contributed by atoms with Crippen molar-refractivity contribution < 1.29 is 14.4 Å². The number of aromatic nitrogens is 3. The van der Waals surface area contributed by atoms with Gasteiger partial charge in [-0.15, -0.1) is 10.2 Å². The third-order valence-electron chi connectivity index (χ3n) is 3.94. The summed E-state index contributed by atoms with van der Waals surface area (Å²) in [4.78, 5) is 10.6. The van der Waals surface area contributed by atoms with E-state index in [0.29, 0.717) is 38.8 Å². The van der Waals surface area contributed by atoms with Crippen molar-refractivity contribution in [2.45, 2.75) is 17.5 Å². The largest absolute Gasteiger partial charge is 0.496 e. The standard InChI is InChI=1S/C18H17ClN4O4S/c1-22-17(10-27-15-6-3-13(19)4-7-15)20-21-18(22)28-11-12-9-14(23(24)25)5-8-16(12)26-2/h3-9H,10-11H2,1-2H3. The smallest absolute Gasteiger partial charge is 0.270 e. The lowest BCUT2D eigenvalue weighted by molar-refractivity contribution is -0.384. The molecule has 28 heavy (non-hydrogen) atoms. The molecule has 0 bridgehead atoms. The van der Waals surface area contributed by atoms with Crippen molar-refractivity contribution in [1.29, 1.82) is 0 Å². The van der Waals surface area contributed by atoms with Gasteiger partial charge in [-0.05, 0) is 30.3 Å². The molecule has 0 atom stereocenters. The fourth-order valence-corrected chi connectivity index (χ4v) is 3.44. The van der Waals surface area contributed by atoms with Gasteiger partial charge in [-0.3, -0.25) is 10.1 Å². The van der Waals surface area contributed by atoms with E-state index in [-0.39, 0.29) is 12.3 Å². The zero-order chi connectivity index (χ0) is 20.1. The molecule has 0 amide bonds. The van der Waals surface area contributed by atoms with E-state index in [1.165, 1.54) is 31.0 Å². The Labute approximate surface area is 170 Å². The molecule has 8 nitrogen and oxygen atoms in total. The first-order valence-electron chi connectivity index (χ1n) is 8.18. The van der Waals surface area contributed by atoms with Gasteiger partial charge in [0.1, 0.15) is 18.1 Å². The van der Waals surface area contributed by atoms with Crippen molar-refractivity contribution in [2.75, 3.05) is 7.11 Å². The average molecular weight is 421 g/mol. The van der Waals surface area contributed by atoms with Crippen molar-refractivity contribution in [3.8, 4) is 11.5 Å². The molecule has 1 aromatic heterocycles. The minimum Gasteiger partial charge on any atom is -0.496 e. The van der Waals surface area contributed by atoms with Crippen LogP contribution in [0, 0.1) is 10.1 Å². The minimum atomic E-state index is -0.428. The Balaban J connectivity index is 1.66. The Kier molecular flexibility index (Phi) is 6.37. The highest BCUT2D eigenvalue weighted by Crippen LogP contribution is 2.30. The van der Waals surface area contributed by atoms with Gasteiger partial charge in [0.05, 0.1) is 12.0 Å². The highest BCUT2D eigenvalue weighted by Gasteiger charge is 2.15. The fraction of sp³-hybridized carbons (Fsp3) is 0.222. The summed E-state index contributed by atoms with van der Waals surface area (Å²) in [5, 5.41) is 20.6. The lowest BCUT2D eigenvalue weighted by Gasteiger charge is -2.08. The van der Waals surface area contributed by atoms with Gasteiger partial charge in [0, 0.05) is 35.5 Å². The third-order valence-corrected chi connectivity index (χ3v) is 5.26. The summed E-state index contributed by atoms with van der Waals surface area (Å²) >= 11 is 7.27. The van der Waals surface area contributed by atoms with Gasteiger partial charge >= 0.3 is 0 Å². The maximum Gasteiger partial charge on any atom is 0.270 e. The molecule has 1 heterocycles. The molecule has 0 fully saturated rings. The highest BCUT2D eigenvalue weighted by molar-refractivity contribution is 7.98. The summed E-state index contributed by atoms with van der Waals surface area (Å²) in [5.74, 6) is 2.38. The summed E-state index contributed by atoms with van der Waals surface area (Å²) in [6.45, 7) is 0.256. The van der Waals surface area contributed by atoms with Crippen molar-refractivity contribution in [1.82, 2.24) is 14.8 Å². The van der Waals surface area contributed by atoms with Crippen LogP contribution in [0.2, 0.25) is 5.02 Å². The topological polar surface area (TPSA) is 92.3 Å². The monoisotopic (exact) mass is 420 g/mol. The van der Waals surface area contributed by atoms with E-state index in [2.05, 4.69) is 10.2 Å². The van der Waals surface area contributed by atoms with Gasteiger partial charge in [0.25, 0.3) is 5.69 Å². The Morgan fingerprint density at radius 1 is 1.21 bits per heavy atom. The van der Waals surface area contributed by atoms with Gasteiger partial charge in [-0.1, -0.05) is 23.4 Å². The molecule has 0 saturated carbocycles. The number of hydrogen-bond donors (Lipinski definition) is 0. The summed E-state index contributed by atoms with van der Waals surface area (Å²) in [7, 11) is 3.37. The molecule has 0 radical (unpaired) electrons. The van der Waals surface area contributed by atoms with E-state index < -0.39 is 4.92 Å². The summed E-state index contributed by atoms with van der Waals surface area (Å²) in [5.41, 5.74) is 0.732. The first-order valence-corrected chi connectivity index (χ1v) is 9.55. The van der Waals surface area contributed by atoms with Crippen molar-refractivity contribution >= 4 is 29.1 Å². The Morgan fingerprint density at radius 2 is 1.96 bits per heavy atom. The zero-order valence-electron chi connectivity index (χ0n) is 15.2. The maximum absolute atomic E-state index is 11.0. The van der Waals surface area contributed by atoms with E-state index in [9.17, 15) is 10.1 Å². The molecule has 0 saturated heterocycles. The summed E-state index contributed by atoms with van der Waals surface area (Å²) in [6, 6.07) is 11.6. The molecule has 0 aliphatic carbocycles. The first kappa shape index (κ1) is 20.0. The van der Waals surface area contributed by atoms with Crippen LogP contribution in [0.3, 0.4) is 0 Å². The summed E-state index contributed by atoms with van der Waals surface area (Å²) in [6.07, 6.45) is 0. The van der Waals surface area contributed by atoms with Crippen LogP contribution in [0.15, 0.2) is 47.6 Å². The number of halogens is 1. The van der Waals surface area contributed by atoms with Crippen LogP contribution in [0.25, 0.3) is 0 Å². The fourth-order valence-electron chi connectivity index (χ4n) is 2.41. The molecule has 0 aliphatic heterocycles. The molecule has 0 N–H and O–H groups in total. The maximum atomic E-state index is 11.0. The quantitative estimate of drug-likeness (QED) is 0.305. The number of hydrogen-bond acceptors (Lipinski definition) is 7. The molecule has 3 aromatic rings. The van der Waals surface area contributed by atoms with Crippen molar-refractivity contribution in [2.24, 2.45) is 7.05 Å². The number of methoxy groups -OCH3 is 1. The average Bonchev–Trinajstić information content (AvgIpc) is 3.05. The van der Waals surface area contributed by atoms with Crippen molar-refractivity contribution in [3.63, 3.8) is 0 Å². The van der Waals surface area contributed by atoms with Crippen LogP contribution in [-0.2, 0) is 19.4 Å². The van der Waals surface area contributed by atoms with Gasteiger partial charge < -0.3 is 14.0 Å². The number of nitrogens with zero attached hydrogens (tertiary/aromatic N) is 4. The molecule has 10 heteroatoms. The van der Waals surface area contributed by atoms with Gasteiger partial charge in [-0.2, -0.15) is 0 Å². The molecular formula is C18H17ClN4O4S. The Hall–Kier alpha value is -2.78. The first-order chi connectivity index (χ1) is 13.5. The van der Waals surface area contributed by atoms with Crippen LogP contribution in [0.4, 0.5) is 5.69 Å². The molecular weight excluding hydrogens is 404 g/mol. The second-order valence-electron chi connectivity index (χ2n) is 5.74. The third kappa shape index (κ3) is 4.73. The molecule has 0 spiro atoms. The number of non-ortho nitro benzene ring substituents is 1. The van der Waals surface area contributed by atoms with E-state index in [1.807, 2.05) is 11.6 Å². The van der Waals surface area contributed by atoms with Crippen molar-refractivity contribution in [3.05, 3.63) is 69.0 Å². The van der Waals surface area contributed by atoms with Crippen LogP contribution >= 0.6 is 23.4 Å². The van der Waals surface area contributed by atoms with Gasteiger partial charge in [0.15, 0.2) is 11.0 Å². The Morgan fingerprint density at radius 3 is 2.64 bits per heavy atom. The summed E-state index contributed by atoms with van der Waals surface area (Å²) < 4.78 is 12.8.